The Bertz CT molecular complexity index is 552. The van der Waals surface area contributed by atoms with E-state index in [4.69, 9.17) is 0 Å². The van der Waals surface area contributed by atoms with Crippen LogP contribution in [-0.2, 0) is 6.42 Å². The van der Waals surface area contributed by atoms with Crippen LogP contribution >= 0.6 is 0 Å². The molecule has 4 heteroatoms. The molecule has 1 aliphatic carbocycles. The molecule has 0 radical (unpaired) electrons. The molecule has 1 aliphatic rings. The molecule has 0 spiro atoms. The second-order valence-corrected chi connectivity index (χ2v) is 5.81. The fourth-order valence-electron chi connectivity index (χ4n) is 2.94. The van der Waals surface area contributed by atoms with Crippen molar-refractivity contribution in [3.8, 4) is 0 Å². The van der Waals surface area contributed by atoms with Gasteiger partial charge in [-0.1, -0.05) is 25.7 Å². The predicted octanol–water partition coefficient (Wildman–Crippen LogP) is 3.15. The number of fused-ring (bicyclic) bond motifs is 1. The minimum absolute atomic E-state index is 0.840. The molecule has 0 aromatic carbocycles. The lowest BCUT2D eigenvalue weighted by Crippen LogP contribution is -2.10. The summed E-state index contributed by atoms with van der Waals surface area (Å²) < 4.78 is 0. The van der Waals surface area contributed by atoms with Crippen molar-refractivity contribution in [2.24, 2.45) is 5.92 Å². The molecule has 3 rings (SSSR count). The Labute approximate surface area is 114 Å². The third kappa shape index (κ3) is 2.72. The number of imidazole rings is 1. The normalized spacial score (nSPS) is 16.3. The minimum atomic E-state index is 0.840. The topological polar surface area (TPSA) is 44.8 Å². The number of aromatic nitrogens is 3. The quantitative estimate of drug-likeness (QED) is 0.916. The van der Waals surface area contributed by atoms with Gasteiger partial charge in [-0.2, -0.15) is 0 Å². The Hall–Kier alpha value is -1.58. The van der Waals surface area contributed by atoms with Crippen LogP contribution in [0.4, 0.5) is 5.82 Å². The molecule has 2 aromatic heterocycles. The molecule has 19 heavy (non-hydrogen) atoms. The van der Waals surface area contributed by atoms with E-state index >= 15 is 0 Å². The number of nitrogens with one attached hydrogen (secondary N) is 1. The van der Waals surface area contributed by atoms with E-state index in [-0.39, 0.29) is 0 Å². The highest BCUT2D eigenvalue weighted by Crippen LogP contribution is 2.28. The molecule has 1 fully saturated rings. The van der Waals surface area contributed by atoms with Crippen LogP contribution in [-0.4, -0.2) is 29.0 Å². The number of aryl methyl sites for hydroxylation is 1. The van der Waals surface area contributed by atoms with Gasteiger partial charge in [-0.15, -0.1) is 0 Å². The van der Waals surface area contributed by atoms with Gasteiger partial charge in [0.2, 0.25) is 0 Å². The van der Waals surface area contributed by atoms with Gasteiger partial charge < -0.3 is 9.88 Å². The molecule has 0 atom stereocenters. The zero-order valence-electron chi connectivity index (χ0n) is 11.8. The summed E-state index contributed by atoms with van der Waals surface area (Å²) in [5.41, 5.74) is 1.89. The SMILES string of the molecule is CN(C)c1ccc2[nH]c(CCC3CCCC3)nc2n1. The van der Waals surface area contributed by atoms with E-state index in [1.165, 1.54) is 32.1 Å². The number of anilines is 1. The fourth-order valence-corrected chi connectivity index (χ4v) is 2.94. The van der Waals surface area contributed by atoms with E-state index < -0.39 is 0 Å². The second kappa shape index (κ2) is 5.19. The third-order valence-corrected chi connectivity index (χ3v) is 4.10. The Morgan fingerprint density at radius 3 is 2.74 bits per heavy atom. The molecule has 1 N–H and O–H groups in total. The molecular weight excluding hydrogens is 236 g/mol. The summed E-state index contributed by atoms with van der Waals surface area (Å²) in [7, 11) is 4.00. The van der Waals surface area contributed by atoms with Crippen LogP contribution in [0.1, 0.15) is 37.9 Å². The van der Waals surface area contributed by atoms with Gasteiger partial charge >= 0.3 is 0 Å². The first-order chi connectivity index (χ1) is 9.22. The summed E-state index contributed by atoms with van der Waals surface area (Å²) in [6.07, 6.45) is 7.96. The molecule has 0 bridgehead atoms. The van der Waals surface area contributed by atoms with Crippen LogP contribution in [0, 0.1) is 5.92 Å². The van der Waals surface area contributed by atoms with Gasteiger partial charge in [0.05, 0.1) is 5.52 Å². The maximum Gasteiger partial charge on any atom is 0.179 e. The van der Waals surface area contributed by atoms with Gasteiger partial charge in [0.15, 0.2) is 5.65 Å². The summed E-state index contributed by atoms with van der Waals surface area (Å²) in [4.78, 5) is 14.6. The summed E-state index contributed by atoms with van der Waals surface area (Å²) >= 11 is 0. The van der Waals surface area contributed by atoms with Gasteiger partial charge in [0, 0.05) is 20.5 Å². The molecule has 0 aliphatic heterocycles. The van der Waals surface area contributed by atoms with Gasteiger partial charge in [-0.3, -0.25) is 0 Å². The summed E-state index contributed by atoms with van der Waals surface area (Å²) in [5, 5.41) is 0. The van der Waals surface area contributed by atoms with Crippen molar-refractivity contribution >= 4 is 17.0 Å². The zero-order valence-corrected chi connectivity index (χ0v) is 11.8. The maximum atomic E-state index is 4.62. The van der Waals surface area contributed by atoms with Crippen LogP contribution in [0.25, 0.3) is 11.2 Å². The van der Waals surface area contributed by atoms with Crippen molar-refractivity contribution in [3.63, 3.8) is 0 Å². The van der Waals surface area contributed by atoms with Crippen LogP contribution < -0.4 is 4.90 Å². The zero-order chi connectivity index (χ0) is 13.2. The number of nitrogens with zero attached hydrogens (tertiary/aromatic N) is 3. The molecule has 0 unspecified atom stereocenters. The van der Waals surface area contributed by atoms with Gasteiger partial charge in [-0.05, 0) is 24.5 Å². The number of H-pyrrole nitrogens is 1. The first-order valence-electron chi connectivity index (χ1n) is 7.25. The summed E-state index contributed by atoms with van der Waals surface area (Å²) in [6.45, 7) is 0. The largest absolute Gasteiger partial charge is 0.363 e. The van der Waals surface area contributed by atoms with Crippen LogP contribution in [0.2, 0.25) is 0 Å². The van der Waals surface area contributed by atoms with E-state index in [1.807, 2.05) is 25.1 Å². The van der Waals surface area contributed by atoms with E-state index in [1.54, 1.807) is 0 Å². The highest BCUT2D eigenvalue weighted by molar-refractivity contribution is 5.73. The molecule has 0 saturated heterocycles. The molecule has 2 aromatic rings. The number of hydrogen-bond acceptors (Lipinski definition) is 3. The van der Waals surface area contributed by atoms with E-state index in [2.05, 4.69) is 21.0 Å². The lowest BCUT2D eigenvalue weighted by Gasteiger charge is -2.09. The standard InChI is InChI=1S/C15H22N4/c1-19(2)14-10-8-12-15(18-14)17-13(16-12)9-7-11-5-3-4-6-11/h8,10-11H,3-7,9H2,1-2H3,(H,16,17,18). The molecule has 102 valence electrons. The van der Waals surface area contributed by atoms with Crippen LogP contribution in [0.5, 0.6) is 0 Å². The maximum absolute atomic E-state index is 4.62. The van der Waals surface area contributed by atoms with E-state index in [0.717, 1.165) is 35.1 Å². The smallest absolute Gasteiger partial charge is 0.179 e. The monoisotopic (exact) mass is 258 g/mol. The lowest BCUT2D eigenvalue weighted by molar-refractivity contribution is 0.498. The molecule has 1 saturated carbocycles. The van der Waals surface area contributed by atoms with Gasteiger partial charge in [-0.25, -0.2) is 9.97 Å². The van der Waals surface area contributed by atoms with Crippen molar-refractivity contribution < 1.29 is 0 Å². The van der Waals surface area contributed by atoms with E-state index in [9.17, 15) is 0 Å². The molecule has 0 amide bonds. The number of rotatable bonds is 4. The number of hydrogen-bond donors (Lipinski definition) is 1. The van der Waals surface area contributed by atoms with Gasteiger partial charge in [0.25, 0.3) is 0 Å². The Morgan fingerprint density at radius 2 is 2.00 bits per heavy atom. The Kier molecular flexibility index (Phi) is 3.40. The van der Waals surface area contributed by atoms with Crippen molar-refractivity contribution in [2.45, 2.75) is 38.5 Å². The predicted molar refractivity (Wildman–Crippen MR) is 78.5 cm³/mol. The van der Waals surface area contributed by atoms with Crippen LogP contribution in [0.3, 0.4) is 0 Å². The van der Waals surface area contributed by atoms with Crippen molar-refractivity contribution in [2.75, 3.05) is 19.0 Å². The van der Waals surface area contributed by atoms with Gasteiger partial charge in [0.1, 0.15) is 11.6 Å². The Morgan fingerprint density at radius 1 is 1.21 bits per heavy atom. The Balaban J connectivity index is 1.73. The lowest BCUT2D eigenvalue weighted by atomic mass is 10.0. The van der Waals surface area contributed by atoms with Crippen LogP contribution in [0.15, 0.2) is 12.1 Å². The van der Waals surface area contributed by atoms with Crippen molar-refractivity contribution in [1.29, 1.82) is 0 Å². The highest BCUT2D eigenvalue weighted by Gasteiger charge is 2.15. The number of aromatic amines is 1. The molecule has 2 heterocycles. The number of pyridine rings is 1. The first-order valence-corrected chi connectivity index (χ1v) is 7.25. The third-order valence-electron chi connectivity index (χ3n) is 4.10. The highest BCUT2D eigenvalue weighted by atomic mass is 15.1. The molecular formula is C15H22N4. The average Bonchev–Trinajstić information content (AvgIpc) is 3.04. The summed E-state index contributed by atoms with van der Waals surface area (Å²) in [5.74, 6) is 2.96. The fraction of sp³-hybridized carbons (Fsp3) is 0.600. The second-order valence-electron chi connectivity index (χ2n) is 5.81. The van der Waals surface area contributed by atoms with E-state index in [0.29, 0.717) is 0 Å². The first kappa shape index (κ1) is 12.5. The van der Waals surface area contributed by atoms with Crippen molar-refractivity contribution in [3.05, 3.63) is 18.0 Å². The average molecular weight is 258 g/mol. The molecule has 4 nitrogen and oxygen atoms in total. The summed E-state index contributed by atoms with van der Waals surface area (Å²) in [6, 6.07) is 4.10. The van der Waals surface area contributed by atoms with Crippen molar-refractivity contribution in [1.82, 2.24) is 15.0 Å². The minimum Gasteiger partial charge on any atom is -0.363 e.